The van der Waals surface area contributed by atoms with Gasteiger partial charge < -0.3 is 4.74 Å². The first-order valence-corrected chi connectivity index (χ1v) is 7.99. The minimum Gasteiger partial charge on any atom is -0.464 e. The number of benzene rings is 1. The van der Waals surface area contributed by atoms with E-state index in [1.807, 2.05) is 6.07 Å². The number of esters is 1. The maximum atomic E-state index is 12.3. The van der Waals surface area contributed by atoms with Gasteiger partial charge in [0.15, 0.2) is 5.41 Å². The molecule has 0 aliphatic rings. The van der Waals surface area contributed by atoms with Crippen LogP contribution in [0.4, 0.5) is 0 Å². The van der Waals surface area contributed by atoms with E-state index in [9.17, 15) is 15.3 Å². The van der Waals surface area contributed by atoms with Crippen LogP contribution < -0.4 is 0 Å². The Hall–Kier alpha value is -1.98. The van der Waals surface area contributed by atoms with Crippen LogP contribution in [0.5, 0.6) is 0 Å². The van der Waals surface area contributed by atoms with Crippen molar-refractivity contribution in [2.24, 2.45) is 0 Å². The molecule has 20 heavy (non-hydrogen) atoms. The first-order chi connectivity index (χ1) is 9.40. The van der Waals surface area contributed by atoms with Crippen LogP contribution in [0.25, 0.3) is 0 Å². The van der Waals surface area contributed by atoms with Gasteiger partial charge in [-0.15, -0.1) is 0 Å². The molecular formula is C15H17N2O2S+. The number of hydrogen-bond donors (Lipinski definition) is 0. The van der Waals surface area contributed by atoms with Gasteiger partial charge in [0.1, 0.15) is 6.07 Å². The molecule has 4 nitrogen and oxygen atoms in total. The van der Waals surface area contributed by atoms with Crippen LogP contribution in [0.1, 0.15) is 12.5 Å². The van der Waals surface area contributed by atoms with E-state index in [0.717, 1.165) is 0 Å². The van der Waals surface area contributed by atoms with Gasteiger partial charge in [0.05, 0.1) is 25.7 Å². The minimum atomic E-state index is -1.53. The smallest absolute Gasteiger partial charge is 0.379 e. The average molecular weight is 289 g/mol. The van der Waals surface area contributed by atoms with Crippen LogP contribution >= 0.6 is 0 Å². The lowest BCUT2D eigenvalue weighted by Gasteiger charge is -2.33. The van der Waals surface area contributed by atoms with E-state index in [1.54, 1.807) is 43.7 Å². The first-order valence-electron chi connectivity index (χ1n) is 5.95. The Balaban J connectivity index is 3.65. The second kappa shape index (κ2) is 5.98. The Kier molecular flexibility index (Phi) is 4.81. The van der Waals surface area contributed by atoms with E-state index in [2.05, 4.69) is 12.1 Å². The number of ether oxygens (including phenoxy) is 1. The van der Waals surface area contributed by atoms with Gasteiger partial charge in [-0.3, -0.25) is 0 Å². The molecule has 5 heteroatoms. The molecule has 1 rings (SSSR count). The molecule has 0 aliphatic heterocycles. The topological polar surface area (TPSA) is 73.9 Å². The average Bonchev–Trinajstić information content (AvgIpc) is 2.48. The normalized spacial score (nSPS) is 16.4. The van der Waals surface area contributed by atoms with Crippen molar-refractivity contribution < 1.29 is 9.53 Å². The SMILES string of the molecule is COC(=O)C(C#N)([S+](C)C)C(C)(C#N)c1ccccc1. The summed E-state index contributed by atoms with van der Waals surface area (Å²) in [6.45, 7) is 1.62. The van der Waals surface area contributed by atoms with E-state index in [1.165, 1.54) is 7.11 Å². The third kappa shape index (κ3) is 2.15. The van der Waals surface area contributed by atoms with Gasteiger partial charge in [0.2, 0.25) is 0 Å². The molecule has 1 aromatic carbocycles. The van der Waals surface area contributed by atoms with Gasteiger partial charge in [-0.05, 0) is 12.5 Å². The molecule has 0 fully saturated rings. The molecular weight excluding hydrogens is 272 g/mol. The standard InChI is InChI=1S/C15H17N2O2S/c1-14(10-16,12-8-6-5-7-9-12)15(11-17,20(3)4)13(18)19-2/h5-9H,1-4H3/q+1. The van der Waals surface area contributed by atoms with Crippen molar-refractivity contribution in [2.45, 2.75) is 17.1 Å². The zero-order chi connectivity index (χ0) is 15.4. The summed E-state index contributed by atoms with van der Waals surface area (Å²) in [6, 6.07) is 13.1. The van der Waals surface area contributed by atoms with Gasteiger partial charge in [-0.1, -0.05) is 30.3 Å². The molecule has 0 heterocycles. The lowest BCUT2D eigenvalue weighted by atomic mass is 9.72. The fourth-order valence-electron chi connectivity index (χ4n) is 2.29. The fourth-order valence-corrected chi connectivity index (χ4v) is 3.87. The summed E-state index contributed by atoms with van der Waals surface area (Å²) in [7, 11) is 0.570. The van der Waals surface area contributed by atoms with E-state index >= 15 is 0 Å². The summed E-state index contributed by atoms with van der Waals surface area (Å²) in [5.74, 6) is -0.666. The number of nitrogens with zero attached hydrogens (tertiary/aromatic N) is 2. The van der Waals surface area contributed by atoms with E-state index < -0.39 is 27.0 Å². The van der Waals surface area contributed by atoms with Gasteiger partial charge in [-0.25, -0.2) is 4.79 Å². The number of methoxy groups -OCH3 is 1. The molecule has 0 radical (unpaired) electrons. The summed E-state index contributed by atoms with van der Waals surface area (Å²) in [5.41, 5.74) is -0.640. The molecule has 0 bridgehead atoms. The third-order valence-electron chi connectivity index (χ3n) is 3.52. The van der Waals surface area contributed by atoms with Crippen molar-refractivity contribution >= 4 is 16.9 Å². The summed E-state index contributed by atoms with van der Waals surface area (Å²) < 4.78 is 3.30. The summed E-state index contributed by atoms with van der Waals surface area (Å²) in [4.78, 5) is 12.3. The predicted octanol–water partition coefficient (Wildman–Crippen LogP) is 1.78. The largest absolute Gasteiger partial charge is 0.464 e. The highest BCUT2D eigenvalue weighted by Gasteiger charge is 2.66. The molecule has 0 amide bonds. The van der Waals surface area contributed by atoms with Crippen LogP contribution in [0.3, 0.4) is 0 Å². The lowest BCUT2D eigenvalue weighted by Crippen LogP contribution is -2.59. The van der Waals surface area contributed by atoms with E-state index in [0.29, 0.717) is 5.56 Å². The fraction of sp³-hybridized carbons (Fsp3) is 0.400. The molecule has 0 saturated carbocycles. The second-order valence-corrected chi connectivity index (χ2v) is 6.95. The lowest BCUT2D eigenvalue weighted by molar-refractivity contribution is -0.143. The maximum Gasteiger partial charge on any atom is 0.379 e. The van der Waals surface area contributed by atoms with Crippen molar-refractivity contribution in [3.8, 4) is 12.1 Å². The molecule has 2 atom stereocenters. The molecule has 0 aromatic heterocycles. The van der Waals surface area contributed by atoms with Gasteiger partial charge in [0, 0.05) is 10.9 Å². The first kappa shape index (κ1) is 16.1. The Morgan fingerprint density at radius 2 is 1.75 bits per heavy atom. The number of rotatable bonds is 4. The second-order valence-electron chi connectivity index (χ2n) is 4.70. The molecule has 1 aromatic rings. The van der Waals surface area contributed by atoms with Crippen molar-refractivity contribution in [3.05, 3.63) is 35.9 Å². The van der Waals surface area contributed by atoms with Crippen molar-refractivity contribution in [3.63, 3.8) is 0 Å². The molecule has 0 N–H and O–H groups in total. The highest BCUT2D eigenvalue weighted by Crippen LogP contribution is 2.41. The van der Waals surface area contributed by atoms with Crippen LogP contribution in [-0.2, 0) is 25.8 Å². The molecule has 0 aliphatic carbocycles. The van der Waals surface area contributed by atoms with Crippen molar-refractivity contribution in [1.82, 2.24) is 0 Å². The molecule has 2 unspecified atom stereocenters. The van der Waals surface area contributed by atoms with Crippen LogP contribution in [0, 0.1) is 22.7 Å². The highest BCUT2D eigenvalue weighted by molar-refractivity contribution is 7.98. The quantitative estimate of drug-likeness (QED) is 0.625. The van der Waals surface area contributed by atoms with Gasteiger partial charge in [0.25, 0.3) is 0 Å². The molecule has 104 valence electrons. The summed E-state index contributed by atoms with van der Waals surface area (Å²) in [6.07, 6.45) is 3.55. The van der Waals surface area contributed by atoms with Crippen LogP contribution in [0.2, 0.25) is 0 Å². The zero-order valence-corrected chi connectivity index (χ0v) is 12.8. The van der Waals surface area contributed by atoms with Gasteiger partial charge >= 0.3 is 10.7 Å². The van der Waals surface area contributed by atoms with E-state index in [4.69, 9.17) is 4.74 Å². The number of nitriles is 2. The Bertz CT molecular complexity index is 574. The summed E-state index contributed by atoms with van der Waals surface area (Å²) in [5, 5.41) is 19.4. The summed E-state index contributed by atoms with van der Waals surface area (Å²) >= 11 is 0. The Labute approximate surface area is 122 Å². The maximum absolute atomic E-state index is 12.3. The van der Waals surface area contributed by atoms with Crippen LogP contribution in [0.15, 0.2) is 30.3 Å². The minimum absolute atomic E-state index is 0.635. The highest BCUT2D eigenvalue weighted by atomic mass is 32.2. The van der Waals surface area contributed by atoms with Gasteiger partial charge in [-0.2, -0.15) is 10.5 Å². The number of hydrogen-bond acceptors (Lipinski definition) is 4. The zero-order valence-electron chi connectivity index (χ0n) is 12.0. The molecule has 0 saturated heterocycles. The third-order valence-corrected chi connectivity index (χ3v) is 5.41. The van der Waals surface area contributed by atoms with Crippen molar-refractivity contribution in [2.75, 3.05) is 19.6 Å². The van der Waals surface area contributed by atoms with Crippen LogP contribution in [-0.4, -0.2) is 30.3 Å². The predicted molar refractivity (Wildman–Crippen MR) is 79.0 cm³/mol. The number of carbonyl (C=O) groups is 1. The Morgan fingerprint density at radius 1 is 1.20 bits per heavy atom. The van der Waals surface area contributed by atoms with Crippen molar-refractivity contribution in [1.29, 1.82) is 10.5 Å². The Morgan fingerprint density at radius 3 is 2.10 bits per heavy atom. The number of carbonyl (C=O) groups excluding carboxylic acids is 1. The monoisotopic (exact) mass is 289 g/mol. The molecule has 0 spiro atoms. The van der Waals surface area contributed by atoms with E-state index in [-0.39, 0.29) is 0 Å².